The molecule has 1 saturated heterocycles. The van der Waals surface area contributed by atoms with Crippen molar-refractivity contribution in [3.63, 3.8) is 0 Å². The van der Waals surface area contributed by atoms with Gasteiger partial charge in [0.05, 0.1) is 5.70 Å². The number of ether oxygens (including phenoxy) is 1. The first-order valence-corrected chi connectivity index (χ1v) is 9.33. The fraction of sp³-hybridized carbons (Fsp3) is 0.526. The lowest BCUT2D eigenvalue weighted by Gasteiger charge is -2.53. The van der Waals surface area contributed by atoms with E-state index in [4.69, 9.17) is 4.74 Å². The Balaban J connectivity index is 1.76. The van der Waals surface area contributed by atoms with E-state index in [0.717, 1.165) is 10.5 Å². The van der Waals surface area contributed by atoms with Gasteiger partial charge in [0, 0.05) is 41.0 Å². The Morgan fingerprint density at radius 1 is 1.38 bits per heavy atom. The Labute approximate surface area is 146 Å². The summed E-state index contributed by atoms with van der Waals surface area (Å²) >= 11 is 1.82. The summed E-state index contributed by atoms with van der Waals surface area (Å²) in [7, 11) is 1.91. The van der Waals surface area contributed by atoms with Crippen LogP contribution in [-0.4, -0.2) is 40.1 Å². The molecule has 1 aromatic rings. The number of aliphatic hydroxyl groups is 1. The SMILES string of the molecule is C=C1C(O)OC2(CC3C(=O)c4ccccc4SC3C(C)C2C)N1C. The van der Waals surface area contributed by atoms with Crippen molar-refractivity contribution < 1.29 is 14.6 Å². The van der Waals surface area contributed by atoms with Gasteiger partial charge in [-0.05, 0) is 12.0 Å². The van der Waals surface area contributed by atoms with E-state index in [0.29, 0.717) is 12.1 Å². The molecule has 0 aromatic heterocycles. The summed E-state index contributed by atoms with van der Waals surface area (Å²) in [6.45, 7) is 8.30. The Morgan fingerprint density at radius 3 is 2.75 bits per heavy atom. The fourth-order valence-electron chi connectivity index (χ4n) is 4.58. The van der Waals surface area contributed by atoms with Gasteiger partial charge in [-0.25, -0.2) is 0 Å². The lowest BCUT2D eigenvalue weighted by atomic mass is 9.67. The molecule has 2 aliphatic heterocycles. The van der Waals surface area contributed by atoms with Crippen molar-refractivity contribution in [1.82, 2.24) is 4.90 Å². The smallest absolute Gasteiger partial charge is 0.198 e. The van der Waals surface area contributed by atoms with Gasteiger partial charge in [0.25, 0.3) is 0 Å². The maximum Gasteiger partial charge on any atom is 0.198 e. The van der Waals surface area contributed by atoms with Crippen LogP contribution in [0, 0.1) is 17.8 Å². The highest BCUT2D eigenvalue weighted by atomic mass is 32.2. The highest BCUT2D eigenvalue weighted by molar-refractivity contribution is 8.00. The third-order valence-electron chi connectivity index (χ3n) is 6.28. The minimum atomic E-state index is -0.986. The van der Waals surface area contributed by atoms with Crippen LogP contribution in [0.3, 0.4) is 0 Å². The third kappa shape index (κ3) is 1.98. The molecule has 4 rings (SSSR count). The molecule has 5 heteroatoms. The highest BCUT2D eigenvalue weighted by Crippen LogP contribution is 2.56. The standard InChI is InChI=1S/C19H23NO3S/c1-10-11(2)19(20(4)12(3)18(22)23-19)9-14-16(21)13-7-5-6-8-15(13)24-17(10)14/h5-8,10-11,14,17-18,22H,3,9H2,1-2,4H3. The van der Waals surface area contributed by atoms with Crippen LogP contribution >= 0.6 is 11.8 Å². The highest BCUT2D eigenvalue weighted by Gasteiger charge is 2.60. The third-order valence-corrected chi connectivity index (χ3v) is 7.92. The van der Waals surface area contributed by atoms with Gasteiger partial charge in [-0.3, -0.25) is 4.79 Å². The normalized spacial score (nSPS) is 41.5. The summed E-state index contributed by atoms with van der Waals surface area (Å²) in [6.07, 6.45) is -0.393. The molecule has 1 aromatic carbocycles. The molecular weight excluding hydrogens is 322 g/mol. The lowest BCUT2D eigenvalue weighted by Crippen LogP contribution is -2.59. The molecule has 6 unspecified atom stereocenters. The van der Waals surface area contributed by atoms with Gasteiger partial charge in [0.15, 0.2) is 12.1 Å². The number of carbonyl (C=O) groups is 1. The van der Waals surface area contributed by atoms with Gasteiger partial charge >= 0.3 is 0 Å². The molecule has 1 spiro atoms. The van der Waals surface area contributed by atoms with Gasteiger partial charge in [0.1, 0.15) is 5.72 Å². The quantitative estimate of drug-likeness (QED) is 0.783. The summed E-state index contributed by atoms with van der Waals surface area (Å²) in [6, 6.07) is 7.88. The first-order valence-electron chi connectivity index (χ1n) is 8.45. The van der Waals surface area contributed by atoms with Crippen molar-refractivity contribution in [1.29, 1.82) is 0 Å². The molecule has 2 heterocycles. The number of rotatable bonds is 0. The van der Waals surface area contributed by atoms with Crippen LogP contribution in [-0.2, 0) is 4.74 Å². The van der Waals surface area contributed by atoms with Crippen LogP contribution in [0.1, 0.15) is 30.6 Å². The first kappa shape index (κ1) is 16.2. The van der Waals surface area contributed by atoms with E-state index in [1.54, 1.807) is 0 Å². The first-order chi connectivity index (χ1) is 11.4. The number of carbonyl (C=O) groups excluding carboxylic acids is 1. The van der Waals surface area contributed by atoms with E-state index in [1.165, 1.54) is 0 Å². The second-order valence-corrected chi connectivity index (χ2v) is 8.49. The van der Waals surface area contributed by atoms with Crippen molar-refractivity contribution in [2.45, 2.75) is 42.4 Å². The topological polar surface area (TPSA) is 49.8 Å². The fourth-order valence-corrected chi connectivity index (χ4v) is 6.16. The predicted octanol–water partition coefficient (Wildman–Crippen LogP) is 3.13. The van der Waals surface area contributed by atoms with Crippen molar-refractivity contribution in [2.24, 2.45) is 17.8 Å². The number of ketones is 1. The van der Waals surface area contributed by atoms with Gasteiger partial charge in [-0.2, -0.15) is 0 Å². The molecule has 1 aliphatic carbocycles. The summed E-state index contributed by atoms with van der Waals surface area (Å²) in [5.41, 5.74) is 0.740. The van der Waals surface area contributed by atoms with Gasteiger partial charge in [-0.15, -0.1) is 11.8 Å². The number of likely N-dealkylation sites (N-methyl/N-ethyl adjacent to an activating group) is 1. The van der Waals surface area contributed by atoms with Gasteiger partial charge in [0.2, 0.25) is 0 Å². The van der Waals surface area contributed by atoms with Crippen molar-refractivity contribution in [3.8, 4) is 0 Å². The molecule has 0 bridgehead atoms. The molecule has 4 nitrogen and oxygen atoms in total. The van der Waals surface area contributed by atoms with Crippen LogP contribution in [0.2, 0.25) is 0 Å². The van der Waals surface area contributed by atoms with Crippen LogP contribution < -0.4 is 0 Å². The van der Waals surface area contributed by atoms with E-state index < -0.39 is 12.0 Å². The largest absolute Gasteiger partial charge is 0.363 e. The Bertz CT molecular complexity index is 720. The number of nitrogens with zero attached hydrogens (tertiary/aromatic N) is 1. The van der Waals surface area contributed by atoms with Crippen LogP contribution in [0.5, 0.6) is 0 Å². The molecule has 1 saturated carbocycles. The average Bonchev–Trinajstić information content (AvgIpc) is 2.79. The molecule has 0 amide bonds. The van der Waals surface area contributed by atoms with E-state index >= 15 is 0 Å². The number of hydrogen-bond donors (Lipinski definition) is 1. The Kier molecular flexibility index (Phi) is 3.61. The minimum absolute atomic E-state index is 0.100. The monoisotopic (exact) mass is 345 g/mol. The maximum atomic E-state index is 13.1. The number of fused-ring (bicyclic) bond motifs is 2. The van der Waals surface area contributed by atoms with Gasteiger partial charge in [-0.1, -0.05) is 38.6 Å². The van der Waals surface area contributed by atoms with E-state index in [9.17, 15) is 9.90 Å². The summed E-state index contributed by atoms with van der Waals surface area (Å²) in [4.78, 5) is 16.2. The zero-order valence-electron chi connectivity index (χ0n) is 14.2. The molecule has 6 atom stereocenters. The van der Waals surface area contributed by atoms with E-state index in [1.807, 2.05) is 48.0 Å². The lowest BCUT2D eigenvalue weighted by molar-refractivity contribution is -0.208. The maximum absolute atomic E-state index is 13.1. The number of hydrogen-bond acceptors (Lipinski definition) is 5. The Morgan fingerprint density at radius 2 is 2.08 bits per heavy atom. The van der Waals surface area contributed by atoms with Crippen LogP contribution in [0.15, 0.2) is 41.4 Å². The minimum Gasteiger partial charge on any atom is -0.363 e. The molecule has 1 N–H and O–H groups in total. The second kappa shape index (κ2) is 5.35. The van der Waals surface area contributed by atoms with E-state index in [-0.39, 0.29) is 28.8 Å². The molecule has 24 heavy (non-hydrogen) atoms. The summed E-state index contributed by atoms with van der Waals surface area (Å²) < 4.78 is 6.00. The van der Waals surface area contributed by atoms with Crippen LogP contribution in [0.4, 0.5) is 0 Å². The van der Waals surface area contributed by atoms with E-state index in [2.05, 4.69) is 20.4 Å². The van der Waals surface area contributed by atoms with Gasteiger partial charge < -0.3 is 14.7 Å². The van der Waals surface area contributed by atoms with Crippen molar-refractivity contribution in [3.05, 3.63) is 42.1 Å². The molecular formula is C19H23NO3S. The number of benzene rings is 1. The van der Waals surface area contributed by atoms with Crippen molar-refractivity contribution in [2.75, 3.05) is 7.05 Å². The molecule has 2 fully saturated rings. The van der Waals surface area contributed by atoms with Crippen molar-refractivity contribution >= 4 is 17.5 Å². The molecule has 3 aliphatic rings. The number of Topliss-reactive ketones (excluding diaryl/α,β-unsaturated/α-hetero) is 1. The zero-order chi connectivity index (χ0) is 17.2. The molecule has 128 valence electrons. The molecule has 0 radical (unpaired) electrons. The summed E-state index contributed by atoms with van der Waals surface area (Å²) in [5.74, 6) is 0.572. The number of aliphatic hydroxyl groups excluding tert-OH is 1. The Hall–Kier alpha value is -1.30. The predicted molar refractivity (Wildman–Crippen MR) is 93.6 cm³/mol. The zero-order valence-corrected chi connectivity index (χ0v) is 15.0. The number of thioether (sulfide) groups is 1. The average molecular weight is 345 g/mol. The summed E-state index contributed by atoms with van der Waals surface area (Å²) in [5, 5.41) is 10.4. The second-order valence-electron chi connectivity index (χ2n) is 7.27. The van der Waals surface area contributed by atoms with Crippen LogP contribution in [0.25, 0.3) is 0 Å².